The summed E-state index contributed by atoms with van der Waals surface area (Å²) in [6, 6.07) is 18.8. The zero-order valence-corrected chi connectivity index (χ0v) is 32.8. The third-order valence-electron chi connectivity index (χ3n) is 10.3. The molecule has 56 heavy (non-hydrogen) atoms. The molecule has 0 bridgehead atoms. The molecule has 0 unspecified atom stereocenters. The number of likely N-dealkylation sites (tertiary alicyclic amines) is 1. The van der Waals surface area contributed by atoms with E-state index < -0.39 is 30.3 Å². The number of imidazole rings is 2. The molecule has 1 aliphatic rings. The molecule has 1 saturated heterocycles. The predicted molar refractivity (Wildman–Crippen MR) is 213 cm³/mol. The summed E-state index contributed by atoms with van der Waals surface area (Å²) in [7, 11) is 2.55. The Morgan fingerprint density at radius 2 is 1.25 bits per heavy atom. The minimum atomic E-state index is -0.746. The monoisotopic (exact) mass is 762 g/mol. The molecule has 6 rings (SSSR count). The van der Waals surface area contributed by atoms with Gasteiger partial charge in [-0.05, 0) is 71.2 Å². The van der Waals surface area contributed by atoms with Crippen LogP contribution in [0.1, 0.15) is 71.2 Å². The number of amides is 4. The maximum atomic E-state index is 13.5. The molecule has 3 heterocycles. The van der Waals surface area contributed by atoms with Crippen LogP contribution in [-0.4, -0.2) is 81.7 Å². The van der Waals surface area contributed by atoms with Crippen molar-refractivity contribution in [3.63, 3.8) is 0 Å². The van der Waals surface area contributed by atoms with E-state index in [0.717, 1.165) is 63.1 Å². The van der Waals surface area contributed by atoms with Gasteiger partial charge in [-0.15, -0.1) is 0 Å². The summed E-state index contributed by atoms with van der Waals surface area (Å²) in [5.41, 5.74) is 5.77. The topological polar surface area (TPSA) is 183 Å². The maximum absolute atomic E-state index is 13.5. The number of nitrogens with one attached hydrogen (secondary N) is 5. The lowest BCUT2D eigenvalue weighted by atomic mass is 9.98. The van der Waals surface area contributed by atoms with Gasteiger partial charge in [0.15, 0.2) is 0 Å². The van der Waals surface area contributed by atoms with Crippen molar-refractivity contribution in [2.24, 2.45) is 11.8 Å². The number of carbonyl (C=O) groups is 4. The average Bonchev–Trinajstić information content (AvgIpc) is 4.00. The summed E-state index contributed by atoms with van der Waals surface area (Å²) >= 11 is 0. The highest BCUT2D eigenvalue weighted by molar-refractivity contribution is 5.91. The molecule has 3 aromatic carbocycles. The molecule has 5 aromatic rings. The first-order valence-corrected chi connectivity index (χ1v) is 18.9. The highest BCUT2D eigenvalue weighted by Crippen LogP contribution is 2.34. The van der Waals surface area contributed by atoms with Gasteiger partial charge in [-0.1, -0.05) is 76.2 Å². The van der Waals surface area contributed by atoms with E-state index in [1.165, 1.54) is 14.2 Å². The van der Waals surface area contributed by atoms with E-state index in [1.54, 1.807) is 12.4 Å². The van der Waals surface area contributed by atoms with E-state index in [2.05, 4.69) is 95.2 Å². The Balaban J connectivity index is 1.11. The van der Waals surface area contributed by atoms with Gasteiger partial charge in [-0.3, -0.25) is 9.59 Å². The number of carbonyl (C=O) groups excluding carboxylic acids is 4. The molecule has 5 N–H and O–H groups in total. The van der Waals surface area contributed by atoms with Crippen molar-refractivity contribution in [1.29, 1.82) is 0 Å². The standard InChI is InChI=1S/C42H50N8O6/c1-23(2)35(48-41(53)55-6)39(51)45-25(5)37-43-22-33(46-37)31-17-16-29-19-28(14-15-30(29)20-31)26-10-12-27(13-11-26)32-21-44-38(47-32)34-9-8-18-50(34)40(52)36(24(3)4)49-42(54)56-7/h10-17,19-25,34-36H,8-9,18H2,1-7H3,(H,43,46)(H,44,47)(H,45,51)(H,48,53)(H,49,54)/t25-,34-,35-,36-/m0/s1. The molecule has 1 fully saturated rings. The van der Waals surface area contributed by atoms with Gasteiger partial charge in [-0.2, -0.15) is 0 Å². The van der Waals surface area contributed by atoms with Crippen LogP contribution in [0, 0.1) is 11.8 Å². The van der Waals surface area contributed by atoms with Gasteiger partial charge < -0.3 is 40.3 Å². The minimum absolute atomic E-state index is 0.105. The second-order valence-electron chi connectivity index (χ2n) is 14.9. The van der Waals surface area contributed by atoms with Crippen molar-refractivity contribution >= 4 is 34.8 Å². The van der Waals surface area contributed by atoms with Gasteiger partial charge in [0.05, 0.1) is 50.1 Å². The fourth-order valence-corrected chi connectivity index (χ4v) is 7.08. The number of H-pyrrole nitrogens is 2. The molecule has 2 aromatic heterocycles. The van der Waals surface area contributed by atoms with Gasteiger partial charge in [0.2, 0.25) is 11.8 Å². The summed E-state index contributed by atoms with van der Waals surface area (Å²) in [6.45, 7) is 9.93. The van der Waals surface area contributed by atoms with Crippen LogP contribution in [-0.2, 0) is 19.1 Å². The van der Waals surface area contributed by atoms with E-state index in [1.807, 2.05) is 45.6 Å². The summed E-state index contributed by atoms with van der Waals surface area (Å²) < 4.78 is 9.43. The zero-order valence-electron chi connectivity index (χ0n) is 32.8. The van der Waals surface area contributed by atoms with E-state index in [-0.39, 0.29) is 29.7 Å². The van der Waals surface area contributed by atoms with E-state index in [9.17, 15) is 19.2 Å². The second-order valence-corrected chi connectivity index (χ2v) is 14.9. The number of alkyl carbamates (subject to hydrolysis) is 2. The van der Waals surface area contributed by atoms with Gasteiger partial charge >= 0.3 is 12.2 Å². The number of methoxy groups -OCH3 is 2. The number of benzene rings is 3. The highest BCUT2D eigenvalue weighted by Gasteiger charge is 2.37. The van der Waals surface area contributed by atoms with E-state index in [0.29, 0.717) is 12.4 Å². The Bertz CT molecular complexity index is 2190. The van der Waals surface area contributed by atoms with Crippen molar-refractivity contribution in [3.05, 3.63) is 84.7 Å². The molecule has 0 saturated carbocycles. The lowest BCUT2D eigenvalue weighted by molar-refractivity contribution is -0.135. The number of aromatic nitrogens is 4. The first-order chi connectivity index (χ1) is 26.9. The zero-order chi connectivity index (χ0) is 40.1. The fraction of sp³-hybridized carbons (Fsp3) is 0.381. The number of ether oxygens (including phenoxy) is 2. The molecule has 294 valence electrons. The van der Waals surface area contributed by atoms with Crippen molar-refractivity contribution < 1.29 is 28.7 Å². The Morgan fingerprint density at radius 3 is 1.89 bits per heavy atom. The Hall–Kier alpha value is -6.18. The number of hydrogen-bond donors (Lipinski definition) is 5. The third kappa shape index (κ3) is 8.69. The fourth-order valence-electron chi connectivity index (χ4n) is 7.08. The summed E-state index contributed by atoms with van der Waals surface area (Å²) in [5.74, 6) is 0.613. The third-order valence-corrected chi connectivity index (χ3v) is 10.3. The van der Waals surface area contributed by atoms with Crippen LogP contribution in [0.2, 0.25) is 0 Å². The molecular weight excluding hydrogens is 713 g/mol. The van der Waals surface area contributed by atoms with Gasteiger partial charge in [0, 0.05) is 12.1 Å². The normalized spacial score (nSPS) is 15.7. The molecule has 1 aliphatic heterocycles. The Kier molecular flexibility index (Phi) is 12.1. The molecular formula is C42H50N8O6. The summed E-state index contributed by atoms with van der Waals surface area (Å²) in [4.78, 5) is 68.0. The van der Waals surface area contributed by atoms with E-state index >= 15 is 0 Å². The first-order valence-electron chi connectivity index (χ1n) is 18.9. The number of fused-ring (bicyclic) bond motifs is 1. The lowest BCUT2D eigenvalue weighted by Gasteiger charge is -2.30. The molecule has 14 nitrogen and oxygen atoms in total. The first kappa shape index (κ1) is 39.5. The van der Waals surface area contributed by atoms with Crippen LogP contribution < -0.4 is 16.0 Å². The van der Waals surface area contributed by atoms with Crippen LogP contribution in [0.3, 0.4) is 0 Å². The molecule has 0 radical (unpaired) electrons. The molecule has 0 aliphatic carbocycles. The number of rotatable bonds is 12. The number of aromatic amines is 2. The van der Waals surface area contributed by atoms with Crippen LogP contribution in [0.5, 0.6) is 0 Å². The lowest BCUT2D eigenvalue weighted by Crippen LogP contribution is -2.51. The molecule has 14 heteroatoms. The highest BCUT2D eigenvalue weighted by atomic mass is 16.5. The maximum Gasteiger partial charge on any atom is 0.407 e. The van der Waals surface area contributed by atoms with Crippen LogP contribution in [0.25, 0.3) is 44.4 Å². The van der Waals surface area contributed by atoms with Crippen molar-refractivity contribution in [2.45, 2.75) is 71.6 Å². The van der Waals surface area contributed by atoms with Crippen molar-refractivity contribution in [3.8, 4) is 33.6 Å². The average molecular weight is 763 g/mol. The summed E-state index contributed by atoms with van der Waals surface area (Å²) in [6.07, 6.45) is 3.90. The summed E-state index contributed by atoms with van der Waals surface area (Å²) in [5, 5.41) is 10.4. The molecule has 4 atom stereocenters. The van der Waals surface area contributed by atoms with Gasteiger partial charge in [-0.25, -0.2) is 19.6 Å². The SMILES string of the molecule is COC(=O)N[C@H](C(=O)N[C@@H](C)c1ncc(-c2ccc3cc(-c4ccc(-c5cnc([C@@H]6CCCN6C(=O)[C@@H](NC(=O)OC)C(C)C)[nH]5)cc4)ccc3c2)[nH]1)C(C)C. The Morgan fingerprint density at radius 1 is 0.696 bits per heavy atom. The number of hydrogen-bond acceptors (Lipinski definition) is 8. The predicted octanol–water partition coefficient (Wildman–Crippen LogP) is 6.89. The number of nitrogens with zero attached hydrogens (tertiary/aromatic N) is 3. The second kappa shape index (κ2) is 17.1. The minimum Gasteiger partial charge on any atom is -0.453 e. The largest absolute Gasteiger partial charge is 0.453 e. The van der Waals surface area contributed by atoms with E-state index in [4.69, 9.17) is 4.74 Å². The van der Waals surface area contributed by atoms with Crippen molar-refractivity contribution in [2.75, 3.05) is 20.8 Å². The van der Waals surface area contributed by atoms with Gasteiger partial charge in [0.25, 0.3) is 0 Å². The van der Waals surface area contributed by atoms with Crippen molar-refractivity contribution in [1.82, 2.24) is 40.8 Å². The molecule has 4 amide bonds. The van der Waals surface area contributed by atoms with Crippen LogP contribution >= 0.6 is 0 Å². The quantitative estimate of drug-likeness (QED) is 0.0911. The van der Waals surface area contributed by atoms with Crippen LogP contribution in [0.4, 0.5) is 9.59 Å². The van der Waals surface area contributed by atoms with Gasteiger partial charge in [0.1, 0.15) is 23.7 Å². The van der Waals surface area contributed by atoms with Crippen LogP contribution in [0.15, 0.2) is 73.1 Å². The molecule has 0 spiro atoms. The Labute approximate surface area is 326 Å². The smallest absolute Gasteiger partial charge is 0.407 e.